The lowest BCUT2D eigenvalue weighted by atomic mass is 10.1. The van der Waals surface area contributed by atoms with Crippen LogP contribution in [0.2, 0.25) is 0 Å². The van der Waals surface area contributed by atoms with Crippen LogP contribution in [0, 0.1) is 0 Å². The van der Waals surface area contributed by atoms with Gasteiger partial charge < -0.3 is 5.73 Å². The van der Waals surface area contributed by atoms with Gasteiger partial charge in [-0.1, -0.05) is 30.3 Å². The van der Waals surface area contributed by atoms with Crippen molar-refractivity contribution in [1.82, 2.24) is 4.90 Å². The number of hydrogen-bond donors (Lipinski definition) is 1. The van der Waals surface area contributed by atoms with Gasteiger partial charge in [0.15, 0.2) is 0 Å². The third-order valence-electron chi connectivity index (χ3n) is 3.10. The Balaban J connectivity index is 1.96. The normalized spacial score (nSPS) is 26.9. The summed E-state index contributed by atoms with van der Waals surface area (Å²) in [5.41, 5.74) is 7.24. The van der Waals surface area contributed by atoms with Crippen molar-refractivity contribution in [3.63, 3.8) is 0 Å². The lowest BCUT2D eigenvalue weighted by molar-refractivity contribution is 0.248. The largest absolute Gasteiger partial charge is 0.329 e. The summed E-state index contributed by atoms with van der Waals surface area (Å²) in [6.07, 6.45) is 0. The van der Waals surface area contributed by atoms with E-state index in [1.807, 2.05) is 11.8 Å². The van der Waals surface area contributed by atoms with Gasteiger partial charge in [0.1, 0.15) is 0 Å². The predicted octanol–water partition coefficient (Wildman–Crippen LogP) is 1.95. The van der Waals surface area contributed by atoms with Crippen LogP contribution in [0.5, 0.6) is 0 Å². The van der Waals surface area contributed by atoms with E-state index < -0.39 is 0 Å². The Morgan fingerprint density at radius 1 is 1.38 bits per heavy atom. The minimum atomic E-state index is 0.243. The number of hydrogen-bond acceptors (Lipinski definition) is 3. The molecule has 2 nitrogen and oxygen atoms in total. The lowest BCUT2D eigenvalue weighted by Crippen LogP contribution is -2.48. The first-order valence-corrected chi connectivity index (χ1v) is 6.81. The summed E-state index contributed by atoms with van der Waals surface area (Å²) in [5, 5.41) is 0. The fourth-order valence-electron chi connectivity index (χ4n) is 2.12. The molecule has 1 aliphatic heterocycles. The van der Waals surface area contributed by atoms with Gasteiger partial charge in [-0.05, 0) is 12.5 Å². The molecule has 0 spiro atoms. The SMILES string of the molecule is CC1(CN)CN(Cc2ccccc2)CCS1. The van der Waals surface area contributed by atoms with Crippen LogP contribution in [-0.4, -0.2) is 35.0 Å². The van der Waals surface area contributed by atoms with E-state index >= 15 is 0 Å². The van der Waals surface area contributed by atoms with E-state index in [0.29, 0.717) is 0 Å². The molecule has 1 heterocycles. The molecule has 16 heavy (non-hydrogen) atoms. The van der Waals surface area contributed by atoms with Crippen LogP contribution in [0.25, 0.3) is 0 Å². The second kappa shape index (κ2) is 5.21. The van der Waals surface area contributed by atoms with Crippen molar-refractivity contribution in [2.24, 2.45) is 5.73 Å². The summed E-state index contributed by atoms with van der Waals surface area (Å²) >= 11 is 2.01. The third kappa shape index (κ3) is 3.00. The van der Waals surface area contributed by atoms with Crippen molar-refractivity contribution in [3.05, 3.63) is 35.9 Å². The van der Waals surface area contributed by atoms with E-state index in [-0.39, 0.29) is 4.75 Å². The quantitative estimate of drug-likeness (QED) is 0.870. The summed E-state index contributed by atoms with van der Waals surface area (Å²) in [5.74, 6) is 1.19. The molecule has 0 aliphatic carbocycles. The Bertz CT molecular complexity index is 328. The van der Waals surface area contributed by atoms with Crippen molar-refractivity contribution >= 4 is 11.8 Å². The maximum atomic E-state index is 5.85. The predicted molar refractivity (Wildman–Crippen MR) is 71.6 cm³/mol. The van der Waals surface area contributed by atoms with Crippen molar-refractivity contribution < 1.29 is 0 Å². The standard InChI is InChI=1S/C13H20N2S/c1-13(10-14)11-15(7-8-16-13)9-12-5-3-2-4-6-12/h2-6H,7-11,14H2,1H3. The molecule has 0 radical (unpaired) electrons. The number of rotatable bonds is 3. The van der Waals surface area contributed by atoms with Gasteiger partial charge in [-0.2, -0.15) is 11.8 Å². The molecule has 0 bridgehead atoms. The van der Waals surface area contributed by atoms with E-state index in [1.165, 1.54) is 17.9 Å². The maximum absolute atomic E-state index is 5.85. The first kappa shape index (κ1) is 12.0. The van der Waals surface area contributed by atoms with Crippen LogP contribution >= 0.6 is 11.8 Å². The Kier molecular flexibility index (Phi) is 3.90. The highest BCUT2D eigenvalue weighted by molar-refractivity contribution is 8.00. The second-order valence-electron chi connectivity index (χ2n) is 4.70. The van der Waals surface area contributed by atoms with E-state index in [4.69, 9.17) is 5.73 Å². The molecular weight excluding hydrogens is 216 g/mol. The number of benzene rings is 1. The monoisotopic (exact) mass is 236 g/mol. The molecule has 1 unspecified atom stereocenters. The molecule has 0 amide bonds. The van der Waals surface area contributed by atoms with E-state index in [1.54, 1.807) is 0 Å². The molecule has 1 saturated heterocycles. The van der Waals surface area contributed by atoms with Crippen molar-refractivity contribution in [3.8, 4) is 0 Å². The fraction of sp³-hybridized carbons (Fsp3) is 0.538. The highest BCUT2D eigenvalue weighted by Crippen LogP contribution is 2.29. The minimum absolute atomic E-state index is 0.243. The molecule has 1 aromatic rings. The highest BCUT2D eigenvalue weighted by Gasteiger charge is 2.30. The minimum Gasteiger partial charge on any atom is -0.329 e. The van der Waals surface area contributed by atoms with Crippen molar-refractivity contribution in [2.75, 3.05) is 25.4 Å². The van der Waals surface area contributed by atoms with Crippen molar-refractivity contribution in [2.45, 2.75) is 18.2 Å². The summed E-state index contributed by atoms with van der Waals surface area (Å²) in [4.78, 5) is 2.51. The molecule has 0 saturated carbocycles. The zero-order valence-corrected chi connectivity index (χ0v) is 10.7. The molecule has 2 N–H and O–H groups in total. The molecular formula is C13H20N2S. The van der Waals surface area contributed by atoms with Gasteiger partial charge in [0.2, 0.25) is 0 Å². The Morgan fingerprint density at radius 2 is 2.12 bits per heavy atom. The van der Waals surface area contributed by atoms with Crippen LogP contribution in [0.4, 0.5) is 0 Å². The molecule has 1 fully saturated rings. The fourth-order valence-corrected chi connectivity index (χ4v) is 3.35. The molecule has 88 valence electrons. The lowest BCUT2D eigenvalue weighted by Gasteiger charge is -2.39. The summed E-state index contributed by atoms with van der Waals surface area (Å²) in [6, 6.07) is 10.7. The van der Waals surface area contributed by atoms with Crippen LogP contribution in [0.15, 0.2) is 30.3 Å². The molecule has 1 aliphatic rings. The van der Waals surface area contributed by atoms with Crippen molar-refractivity contribution in [1.29, 1.82) is 0 Å². The van der Waals surface area contributed by atoms with E-state index in [2.05, 4.69) is 42.2 Å². The van der Waals surface area contributed by atoms with Crippen LogP contribution in [-0.2, 0) is 6.54 Å². The first-order chi connectivity index (χ1) is 7.72. The topological polar surface area (TPSA) is 29.3 Å². The molecule has 2 rings (SSSR count). The highest BCUT2D eigenvalue weighted by atomic mass is 32.2. The van der Waals surface area contributed by atoms with Crippen LogP contribution < -0.4 is 5.73 Å². The molecule has 1 atom stereocenters. The van der Waals surface area contributed by atoms with Gasteiger partial charge in [0.25, 0.3) is 0 Å². The summed E-state index contributed by atoms with van der Waals surface area (Å²) < 4.78 is 0.243. The summed E-state index contributed by atoms with van der Waals surface area (Å²) in [7, 11) is 0. The Labute approximate surface area is 102 Å². The average Bonchev–Trinajstić information content (AvgIpc) is 2.30. The van der Waals surface area contributed by atoms with Gasteiger partial charge in [-0.25, -0.2) is 0 Å². The second-order valence-corrected chi connectivity index (χ2v) is 6.38. The zero-order chi connectivity index (χ0) is 11.4. The molecule has 1 aromatic carbocycles. The van der Waals surface area contributed by atoms with Gasteiger partial charge in [-0.3, -0.25) is 4.90 Å². The van der Waals surface area contributed by atoms with Crippen LogP contribution in [0.3, 0.4) is 0 Å². The van der Waals surface area contributed by atoms with Gasteiger partial charge in [0, 0.05) is 36.7 Å². The average molecular weight is 236 g/mol. The summed E-state index contributed by atoms with van der Waals surface area (Å²) in [6.45, 7) is 6.37. The Hall–Kier alpha value is -0.510. The van der Waals surface area contributed by atoms with Gasteiger partial charge in [0.05, 0.1) is 0 Å². The zero-order valence-electron chi connectivity index (χ0n) is 9.86. The van der Waals surface area contributed by atoms with Gasteiger partial charge >= 0.3 is 0 Å². The molecule has 3 heteroatoms. The van der Waals surface area contributed by atoms with E-state index in [9.17, 15) is 0 Å². The Morgan fingerprint density at radius 3 is 2.81 bits per heavy atom. The number of nitrogens with two attached hydrogens (primary N) is 1. The smallest absolute Gasteiger partial charge is 0.0381 e. The van der Waals surface area contributed by atoms with Gasteiger partial charge in [-0.15, -0.1) is 0 Å². The van der Waals surface area contributed by atoms with E-state index in [0.717, 1.165) is 19.6 Å². The first-order valence-electron chi connectivity index (χ1n) is 5.82. The number of nitrogens with zero attached hydrogens (tertiary/aromatic N) is 1. The third-order valence-corrected chi connectivity index (χ3v) is 4.48. The number of thioether (sulfide) groups is 1. The van der Waals surface area contributed by atoms with Crippen LogP contribution in [0.1, 0.15) is 12.5 Å². The maximum Gasteiger partial charge on any atom is 0.0381 e. The molecule has 0 aromatic heterocycles.